The Morgan fingerprint density at radius 1 is 0.978 bits per heavy atom. The molecule has 0 saturated carbocycles. The lowest BCUT2D eigenvalue weighted by Gasteiger charge is -2.40. The van der Waals surface area contributed by atoms with E-state index in [0.717, 1.165) is 24.0 Å². The summed E-state index contributed by atoms with van der Waals surface area (Å²) < 4.78 is 29.0. The number of aromatic carboxylic acids is 1. The molecule has 1 unspecified atom stereocenters. The fourth-order valence-electron chi connectivity index (χ4n) is 5.33. The normalized spacial score (nSPS) is 16.1. The number of carbonyl (C=O) groups is 2. The Bertz CT molecular complexity index is 1810. The summed E-state index contributed by atoms with van der Waals surface area (Å²) in [4.78, 5) is 40.3. The average molecular weight is 631 g/mol. The number of amides is 1. The summed E-state index contributed by atoms with van der Waals surface area (Å²) in [6.07, 6.45) is 5.89. The SMILES string of the molecule is CCc1ccc(S(=O)(=O)N2CCN(c3cnc4cncc(C(=O)O)c4n3)CC2C(=O)NCc2ccc(C(C)(C)CC)cc2)cc1. The predicted octanol–water partition coefficient (Wildman–Crippen LogP) is 4.17. The third-order valence-corrected chi connectivity index (χ3v) is 10.6. The van der Waals surface area contributed by atoms with Gasteiger partial charge in [0, 0.05) is 32.4 Å². The van der Waals surface area contributed by atoms with Crippen molar-refractivity contribution in [3.63, 3.8) is 0 Å². The minimum atomic E-state index is -4.02. The van der Waals surface area contributed by atoms with Crippen LogP contribution in [-0.2, 0) is 33.2 Å². The number of carboxylic acids is 1. The van der Waals surface area contributed by atoms with Gasteiger partial charge in [0.05, 0.1) is 17.3 Å². The number of benzene rings is 2. The lowest BCUT2D eigenvalue weighted by atomic mass is 9.82. The molecule has 1 amide bonds. The van der Waals surface area contributed by atoms with Crippen LogP contribution in [0.3, 0.4) is 0 Å². The Hall–Kier alpha value is -4.42. The van der Waals surface area contributed by atoms with E-state index in [1.165, 1.54) is 28.5 Å². The summed E-state index contributed by atoms with van der Waals surface area (Å²) in [5.41, 5.74) is 3.52. The van der Waals surface area contributed by atoms with Crippen LogP contribution >= 0.6 is 0 Å². The van der Waals surface area contributed by atoms with Crippen molar-refractivity contribution in [2.24, 2.45) is 0 Å². The summed E-state index contributed by atoms with van der Waals surface area (Å²) in [7, 11) is -4.02. The van der Waals surface area contributed by atoms with Gasteiger partial charge >= 0.3 is 5.97 Å². The Balaban J connectivity index is 1.43. The lowest BCUT2D eigenvalue weighted by Crippen LogP contribution is -2.60. The second kappa shape index (κ2) is 12.9. The minimum Gasteiger partial charge on any atom is -0.478 e. The van der Waals surface area contributed by atoms with Crippen LogP contribution in [0.15, 0.2) is 72.0 Å². The number of carboxylic acid groups (broad SMARTS) is 1. The molecule has 1 saturated heterocycles. The summed E-state index contributed by atoms with van der Waals surface area (Å²) >= 11 is 0. The van der Waals surface area contributed by atoms with Crippen LogP contribution in [0.25, 0.3) is 11.0 Å². The van der Waals surface area contributed by atoms with E-state index in [4.69, 9.17) is 0 Å². The van der Waals surface area contributed by atoms with Gasteiger partial charge in [-0.05, 0) is 47.1 Å². The third-order valence-electron chi connectivity index (χ3n) is 8.66. The Morgan fingerprint density at radius 2 is 1.67 bits per heavy atom. The van der Waals surface area contributed by atoms with E-state index in [9.17, 15) is 23.1 Å². The number of hydrogen-bond donors (Lipinski definition) is 2. The monoisotopic (exact) mass is 630 g/mol. The molecule has 11 nitrogen and oxygen atoms in total. The molecule has 2 aromatic carbocycles. The maximum atomic E-state index is 13.9. The second-order valence-corrected chi connectivity index (χ2v) is 13.7. The molecular formula is C33H38N6O5S. The van der Waals surface area contributed by atoms with E-state index in [1.807, 2.05) is 19.1 Å². The molecule has 12 heteroatoms. The standard InChI is InChI=1S/C33H38N6O5S/c1-5-22-9-13-25(14-10-22)45(43,44)39-16-15-38(29-20-35-27-19-34-18-26(32(41)42)30(27)37-29)21-28(39)31(40)36-17-23-7-11-24(12-8-23)33(3,4)6-2/h7-14,18-20,28H,5-6,15-17,21H2,1-4H3,(H,36,40)(H,41,42). The average Bonchev–Trinajstić information content (AvgIpc) is 3.06. The number of sulfonamides is 1. The molecule has 4 aromatic rings. The van der Waals surface area contributed by atoms with Crippen molar-refractivity contribution in [2.45, 2.75) is 63.4 Å². The number of nitrogens with one attached hydrogen (secondary N) is 1. The molecule has 0 bridgehead atoms. The summed E-state index contributed by atoms with van der Waals surface area (Å²) in [6, 6.07) is 13.7. The molecule has 1 atom stereocenters. The first-order valence-corrected chi connectivity index (χ1v) is 16.5. The first-order valence-electron chi connectivity index (χ1n) is 15.0. The van der Waals surface area contributed by atoms with E-state index in [1.54, 1.807) is 29.2 Å². The number of nitrogens with zero attached hydrogens (tertiary/aromatic N) is 5. The number of aryl methyl sites for hydroxylation is 1. The highest BCUT2D eigenvalue weighted by Crippen LogP contribution is 2.28. The van der Waals surface area contributed by atoms with Crippen molar-refractivity contribution in [3.05, 3.63) is 89.4 Å². The van der Waals surface area contributed by atoms with Crippen molar-refractivity contribution < 1.29 is 23.1 Å². The smallest absolute Gasteiger partial charge is 0.339 e. The third kappa shape index (κ3) is 6.66. The van der Waals surface area contributed by atoms with Gasteiger partial charge in [-0.3, -0.25) is 9.78 Å². The number of pyridine rings is 1. The topological polar surface area (TPSA) is 146 Å². The predicted molar refractivity (Wildman–Crippen MR) is 172 cm³/mol. The zero-order valence-electron chi connectivity index (χ0n) is 25.9. The van der Waals surface area contributed by atoms with E-state index in [2.05, 4.69) is 53.2 Å². The van der Waals surface area contributed by atoms with E-state index in [-0.39, 0.29) is 47.6 Å². The fraction of sp³-hybridized carbons (Fsp3) is 0.364. The molecule has 45 heavy (non-hydrogen) atoms. The number of carbonyl (C=O) groups excluding carboxylic acids is 1. The van der Waals surface area contributed by atoms with Crippen LogP contribution in [0.4, 0.5) is 5.82 Å². The molecule has 1 aliphatic heterocycles. The molecule has 1 fully saturated rings. The van der Waals surface area contributed by atoms with Crippen LogP contribution in [-0.4, -0.2) is 70.3 Å². The molecule has 5 rings (SSSR count). The maximum Gasteiger partial charge on any atom is 0.339 e. The summed E-state index contributed by atoms with van der Waals surface area (Å²) in [5.74, 6) is -1.30. The maximum absolute atomic E-state index is 13.9. The van der Waals surface area contributed by atoms with Crippen LogP contribution in [0.5, 0.6) is 0 Å². The van der Waals surface area contributed by atoms with Gasteiger partial charge in [0.15, 0.2) is 0 Å². The van der Waals surface area contributed by atoms with Crippen LogP contribution in [0.1, 0.15) is 61.2 Å². The van der Waals surface area contributed by atoms with Gasteiger partial charge < -0.3 is 15.3 Å². The highest BCUT2D eigenvalue weighted by molar-refractivity contribution is 7.89. The molecule has 0 aliphatic carbocycles. The molecule has 2 aromatic heterocycles. The fourth-order valence-corrected chi connectivity index (χ4v) is 6.90. The van der Waals surface area contributed by atoms with Crippen molar-refractivity contribution in [1.82, 2.24) is 24.6 Å². The van der Waals surface area contributed by atoms with Gasteiger partial charge in [0.25, 0.3) is 0 Å². The van der Waals surface area contributed by atoms with Crippen LogP contribution in [0.2, 0.25) is 0 Å². The zero-order valence-corrected chi connectivity index (χ0v) is 26.7. The van der Waals surface area contributed by atoms with E-state index in [0.29, 0.717) is 11.3 Å². The van der Waals surface area contributed by atoms with Gasteiger partial charge in [-0.2, -0.15) is 4.31 Å². The number of hydrogen-bond acceptors (Lipinski definition) is 8. The molecule has 236 valence electrons. The number of piperazine rings is 1. The van der Waals surface area contributed by atoms with Crippen LogP contribution in [0, 0.1) is 0 Å². The van der Waals surface area contributed by atoms with E-state index >= 15 is 0 Å². The van der Waals surface area contributed by atoms with Gasteiger partial charge in [-0.25, -0.2) is 23.2 Å². The van der Waals surface area contributed by atoms with Gasteiger partial charge in [-0.15, -0.1) is 0 Å². The number of aromatic nitrogens is 3. The number of fused-ring (bicyclic) bond motifs is 1. The highest BCUT2D eigenvalue weighted by atomic mass is 32.2. The largest absolute Gasteiger partial charge is 0.478 e. The minimum absolute atomic E-state index is 0.00455. The van der Waals surface area contributed by atoms with Gasteiger partial charge in [0.2, 0.25) is 15.9 Å². The van der Waals surface area contributed by atoms with Crippen molar-refractivity contribution in [2.75, 3.05) is 24.5 Å². The van der Waals surface area contributed by atoms with Crippen molar-refractivity contribution in [1.29, 1.82) is 0 Å². The Kier molecular flexibility index (Phi) is 9.17. The van der Waals surface area contributed by atoms with Gasteiger partial charge in [0.1, 0.15) is 28.5 Å². The number of rotatable bonds is 10. The summed E-state index contributed by atoms with van der Waals surface area (Å²) in [6.45, 7) is 8.96. The molecule has 3 heterocycles. The quantitative estimate of drug-likeness (QED) is 0.264. The van der Waals surface area contributed by atoms with E-state index < -0.39 is 27.9 Å². The summed E-state index contributed by atoms with van der Waals surface area (Å²) in [5, 5.41) is 12.6. The molecule has 0 spiro atoms. The second-order valence-electron chi connectivity index (χ2n) is 11.8. The van der Waals surface area contributed by atoms with Crippen molar-refractivity contribution in [3.8, 4) is 0 Å². The first-order chi connectivity index (χ1) is 21.4. The zero-order chi connectivity index (χ0) is 32.4. The van der Waals surface area contributed by atoms with Crippen LogP contribution < -0.4 is 10.2 Å². The number of anilines is 1. The van der Waals surface area contributed by atoms with Crippen molar-refractivity contribution >= 4 is 38.8 Å². The first kappa shape index (κ1) is 32.0. The molecule has 2 N–H and O–H groups in total. The highest BCUT2D eigenvalue weighted by Gasteiger charge is 2.40. The molecule has 1 aliphatic rings. The molecular weight excluding hydrogens is 592 g/mol. The van der Waals surface area contributed by atoms with Gasteiger partial charge in [-0.1, -0.05) is 64.1 Å². The lowest BCUT2D eigenvalue weighted by molar-refractivity contribution is -0.125. The Labute approximate surface area is 263 Å². The Morgan fingerprint density at radius 3 is 2.31 bits per heavy atom. The molecule has 0 radical (unpaired) electrons.